The molecule has 0 aromatic carbocycles. The first-order valence-corrected chi connectivity index (χ1v) is 4.50. The molecule has 0 spiro atoms. The van der Waals surface area contributed by atoms with Crippen LogP contribution in [0.4, 0.5) is 0 Å². The van der Waals surface area contributed by atoms with Gasteiger partial charge in [0.15, 0.2) is 5.69 Å². The van der Waals surface area contributed by atoms with Gasteiger partial charge < -0.3 is 4.74 Å². The third-order valence-electron chi connectivity index (χ3n) is 1.79. The Kier molecular flexibility index (Phi) is 3.88. The van der Waals surface area contributed by atoms with Gasteiger partial charge in [0.25, 0.3) is 5.91 Å². The van der Waals surface area contributed by atoms with Crippen LogP contribution in [0.1, 0.15) is 10.5 Å². The highest BCUT2D eigenvalue weighted by molar-refractivity contribution is 6.33. The van der Waals surface area contributed by atoms with Crippen molar-refractivity contribution in [1.82, 2.24) is 10.0 Å². The number of aromatic nitrogens is 1. The van der Waals surface area contributed by atoms with Crippen molar-refractivity contribution < 1.29 is 14.4 Å². The average molecular weight is 231 g/mol. The number of hydrogen-bond acceptors (Lipinski definition) is 4. The molecular weight excluding hydrogens is 220 g/mol. The minimum Gasteiger partial charge on any atom is -0.481 e. The predicted molar refractivity (Wildman–Crippen MR) is 54.9 cm³/mol. The molecule has 1 amide bonds. The van der Waals surface area contributed by atoms with E-state index in [1.165, 1.54) is 21.3 Å². The van der Waals surface area contributed by atoms with E-state index in [-0.39, 0.29) is 10.7 Å². The molecule has 0 saturated heterocycles. The summed E-state index contributed by atoms with van der Waals surface area (Å²) >= 11 is 5.83. The van der Waals surface area contributed by atoms with Crippen molar-refractivity contribution in [3.63, 3.8) is 0 Å². The highest BCUT2D eigenvalue weighted by Gasteiger charge is 2.17. The number of carbonyl (C=O) groups is 1. The molecule has 0 aliphatic rings. The lowest BCUT2D eigenvalue weighted by Crippen LogP contribution is -2.26. The van der Waals surface area contributed by atoms with E-state index >= 15 is 0 Å². The van der Waals surface area contributed by atoms with E-state index in [1.807, 2.05) is 0 Å². The predicted octanol–water partition coefficient (Wildman–Crippen LogP) is 1.38. The van der Waals surface area contributed by atoms with Gasteiger partial charge in [0.05, 0.1) is 19.2 Å². The van der Waals surface area contributed by atoms with E-state index in [4.69, 9.17) is 21.2 Å². The van der Waals surface area contributed by atoms with Gasteiger partial charge in [-0.05, 0) is 6.07 Å². The fourth-order valence-electron chi connectivity index (χ4n) is 0.920. The quantitative estimate of drug-likeness (QED) is 0.736. The molecule has 0 unspecified atom stereocenters. The Labute approximate surface area is 92.5 Å². The maximum absolute atomic E-state index is 11.7. The van der Waals surface area contributed by atoms with E-state index in [2.05, 4.69) is 4.98 Å². The van der Waals surface area contributed by atoms with Crippen LogP contribution in [0.25, 0.3) is 0 Å². The summed E-state index contributed by atoms with van der Waals surface area (Å²) in [5.41, 5.74) is 0.0976. The second kappa shape index (κ2) is 4.95. The summed E-state index contributed by atoms with van der Waals surface area (Å²) in [5.74, 6) is -0.103. The molecule has 1 rings (SSSR count). The minimum absolute atomic E-state index is 0.0976. The third kappa shape index (κ3) is 2.57. The third-order valence-corrected chi connectivity index (χ3v) is 2.10. The number of hydrogen-bond donors (Lipinski definition) is 0. The molecule has 5 nitrogen and oxygen atoms in total. The van der Waals surface area contributed by atoms with Crippen LogP contribution in [0.3, 0.4) is 0 Å². The molecule has 0 fully saturated rings. The van der Waals surface area contributed by atoms with E-state index in [9.17, 15) is 4.79 Å². The lowest BCUT2D eigenvalue weighted by molar-refractivity contribution is -0.0760. The summed E-state index contributed by atoms with van der Waals surface area (Å²) in [5, 5.41) is 1.29. The summed E-state index contributed by atoms with van der Waals surface area (Å²) in [4.78, 5) is 20.3. The first kappa shape index (κ1) is 11.7. The highest BCUT2D eigenvalue weighted by atomic mass is 35.5. The number of ether oxygens (including phenoxy) is 1. The zero-order valence-electron chi connectivity index (χ0n) is 8.65. The maximum atomic E-state index is 11.7. The van der Waals surface area contributed by atoms with Crippen LogP contribution in [0, 0.1) is 0 Å². The standard InChI is InChI=1S/C9H11ClN2O3/c1-12(15-3)9(13)8-6(10)4-5-7(11-8)14-2/h4-5H,1-3H3. The Morgan fingerprint density at radius 3 is 2.67 bits per heavy atom. The van der Waals surface area contributed by atoms with Gasteiger partial charge in [0.2, 0.25) is 5.88 Å². The van der Waals surface area contributed by atoms with Crippen LogP contribution in [0.15, 0.2) is 12.1 Å². The van der Waals surface area contributed by atoms with Gasteiger partial charge in [-0.1, -0.05) is 11.6 Å². The molecule has 0 N–H and O–H groups in total. The van der Waals surface area contributed by atoms with Crippen molar-refractivity contribution >= 4 is 17.5 Å². The summed E-state index contributed by atoms with van der Waals surface area (Å²) in [6, 6.07) is 3.12. The summed E-state index contributed by atoms with van der Waals surface area (Å²) in [6.07, 6.45) is 0. The Bertz CT molecular complexity index is 370. The molecule has 0 atom stereocenters. The average Bonchev–Trinajstić information content (AvgIpc) is 2.27. The van der Waals surface area contributed by atoms with Crippen molar-refractivity contribution in [2.24, 2.45) is 0 Å². The zero-order chi connectivity index (χ0) is 11.4. The molecule has 0 bridgehead atoms. The van der Waals surface area contributed by atoms with Crippen molar-refractivity contribution in [2.45, 2.75) is 0 Å². The molecule has 82 valence electrons. The van der Waals surface area contributed by atoms with E-state index < -0.39 is 5.91 Å². The Balaban J connectivity index is 3.07. The van der Waals surface area contributed by atoms with Gasteiger partial charge in [-0.15, -0.1) is 0 Å². The SMILES string of the molecule is COc1ccc(Cl)c(C(=O)N(C)OC)n1. The molecule has 0 aliphatic carbocycles. The van der Waals surface area contributed by atoms with Gasteiger partial charge >= 0.3 is 0 Å². The fourth-order valence-corrected chi connectivity index (χ4v) is 1.11. The van der Waals surface area contributed by atoms with Crippen LogP contribution in [0.2, 0.25) is 5.02 Å². The number of hydroxylamine groups is 2. The Hall–Kier alpha value is -1.33. The fraction of sp³-hybridized carbons (Fsp3) is 0.333. The molecule has 1 heterocycles. The van der Waals surface area contributed by atoms with E-state index in [0.29, 0.717) is 5.88 Å². The summed E-state index contributed by atoms with van der Waals surface area (Å²) in [6.45, 7) is 0. The topological polar surface area (TPSA) is 51.7 Å². The van der Waals surface area contributed by atoms with Crippen molar-refractivity contribution in [3.8, 4) is 5.88 Å². The number of amides is 1. The van der Waals surface area contributed by atoms with Gasteiger partial charge in [-0.2, -0.15) is 0 Å². The van der Waals surface area contributed by atoms with Crippen molar-refractivity contribution in [1.29, 1.82) is 0 Å². The highest BCUT2D eigenvalue weighted by Crippen LogP contribution is 2.18. The molecule has 6 heteroatoms. The van der Waals surface area contributed by atoms with Gasteiger partial charge in [-0.25, -0.2) is 10.0 Å². The van der Waals surface area contributed by atoms with Crippen LogP contribution in [-0.4, -0.2) is 37.2 Å². The molecule has 0 saturated carbocycles. The Morgan fingerprint density at radius 2 is 2.13 bits per heavy atom. The smallest absolute Gasteiger partial charge is 0.297 e. The number of nitrogens with zero attached hydrogens (tertiary/aromatic N) is 2. The van der Waals surface area contributed by atoms with Crippen LogP contribution in [0.5, 0.6) is 5.88 Å². The van der Waals surface area contributed by atoms with Crippen molar-refractivity contribution in [3.05, 3.63) is 22.8 Å². The van der Waals surface area contributed by atoms with Crippen LogP contribution in [-0.2, 0) is 4.84 Å². The molecule has 15 heavy (non-hydrogen) atoms. The number of halogens is 1. The second-order valence-electron chi connectivity index (χ2n) is 2.67. The van der Waals surface area contributed by atoms with Gasteiger partial charge in [0, 0.05) is 13.1 Å². The maximum Gasteiger partial charge on any atom is 0.297 e. The minimum atomic E-state index is -0.429. The van der Waals surface area contributed by atoms with E-state index in [0.717, 1.165) is 5.06 Å². The monoisotopic (exact) mass is 230 g/mol. The van der Waals surface area contributed by atoms with Crippen molar-refractivity contribution in [2.75, 3.05) is 21.3 Å². The number of methoxy groups -OCH3 is 1. The first-order valence-electron chi connectivity index (χ1n) is 4.13. The van der Waals surface area contributed by atoms with Crippen LogP contribution < -0.4 is 4.74 Å². The molecular formula is C9H11ClN2O3. The number of carbonyl (C=O) groups excluding carboxylic acids is 1. The molecule has 0 aliphatic heterocycles. The Morgan fingerprint density at radius 1 is 1.47 bits per heavy atom. The molecule has 0 radical (unpaired) electrons. The van der Waals surface area contributed by atoms with E-state index in [1.54, 1.807) is 12.1 Å². The largest absolute Gasteiger partial charge is 0.481 e. The van der Waals surface area contributed by atoms with Gasteiger partial charge in [0.1, 0.15) is 0 Å². The zero-order valence-corrected chi connectivity index (χ0v) is 9.41. The normalized spacial score (nSPS) is 9.87. The van der Waals surface area contributed by atoms with Gasteiger partial charge in [-0.3, -0.25) is 9.63 Å². The number of rotatable bonds is 3. The summed E-state index contributed by atoms with van der Waals surface area (Å²) < 4.78 is 4.89. The molecule has 1 aromatic heterocycles. The van der Waals surface area contributed by atoms with Crippen LogP contribution >= 0.6 is 11.6 Å². The molecule has 1 aromatic rings. The second-order valence-corrected chi connectivity index (χ2v) is 3.08. The summed E-state index contributed by atoms with van der Waals surface area (Å²) in [7, 11) is 4.32. The lowest BCUT2D eigenvalue weighted by atomic mass is 10.3. The lowest BCUT2D eigenvalue weighted by Gasteiger charge is -2.13. The first-order chi connectivity index (χ1) is 7.10. The number of pyridine rings is 1.